The van der Waals surface area contributed by atoms with E-state index in [4.69, 9.17) is 23.7 Å². The van der Waals surface area contributed by atoms with Crippen LogP contribution in [0.25, 0.3) is 0 Å². The number of para-hydroxylation sites is 1. The van der Waals surface area contributed by atoms with Crippen LogP contribution in [0.1, 0.15) is 16.7 Å². The average Bonchev–Trinajstić information content (AvgIpc) is 3.31. The Labute approximate surface area is 199 Å². The van der Waals surface area contributed by atoms with E-state index in [9.17, 15) is 9.00 Å². The summed E-state index contributed by atoms with van der Waals surface area (Å²) in [5, 5.41) is 8.77. The van der Waals surface area contributed by atoms with Crippen LogP contribution in [0, 0.1) is 0 Å². The molecule has 0 aromatic heterocycles. The van der Waals surface area contributed by atoms with E-state index in [2.05, 4.69) is 4.89 Å². The highest BCUT2D eigenvalue weighted by Crippen LogP contribution is 2.46. The zero-order valence-electron chi connectivity index (χ0n) is 18.4. The van der Waals surface area contributed by atoms with Gasteiger partial charge in [0.15, 0.2) is 17.2 Å². The molecule has 1 saturated heterocycles. The molecule has 178 valence electrons. The van der Waals surface area contributed by atoms with E-state index in [1.54, 1.807) is 13.2 Å². The molecule has 1 fully saturated rings. The van der Waals surface area contributed by atoms with Crippen molar-refractivity contribution >= 4 is 17.2 Å². The number of rotatable bonds is 9. The number of hydrogen-bond donors (Lipinski definition) is 1. The molecule has 1 unspecified atom stereocenters. The number of hydrogen-bond acceptors (Lipinski definition) is 7. The molecule has 8 nitrogen and oxygen atoms in total. The fourth-order valence-corrected chi connectivity index (χ4v) is 5.58. The molecule has 0 saturated carbocycles. The van der Waals surface area contributed by atoms with Crippen LogP contribution in [-0.2, 0) is 34.5 Å². The van der Waals surface area contributed by atoms with Gasteiger partial charge in [-0.2, -0.15) is 4.89 Å². The van der Waals surface area contributed by atoms with Crippen LogP contribution in [0.4, 0.5) is 4.79 Å². The van der Waals surface area contributed by atoms with Crippen LogP contribution in [-0.4, -0.2) is 48.0 Å². The number of methoxy groups -OCH3 is 1. The Morgan fingerprint density at radius 1 is 0.912 bits per heavy atom. The molecule has 4 rings (SSSR count). The topological polar surface area (TPSA) is 101 Å². The fraction of sp³-hybridized carbons (Fsp3) is 0.240. The lowest BCUT2D eigenvalue weighted by molar-refractivity contribution is -0.291. The van der Waals surface area contributed by atoms with Crippen molar-refractivity contribution in [3.05, 3.63) is 102 Å². The second kappa shape index (κ2) is 10.8. The normalized spacial score (nSPS) is 18.9. The van der Waals surface area contributed by atoms with Gasteiger partial charge in [-0.05, 0) is 17.2 Å². The third-order valence-electron chi connectivity index (χ3n) is 5.53. The summed E-state index contributed by atoms with van der Waals surface area (Å²) < 4.78 is 30.2. The quantitative estimate of drug-likeness (QED) is 0.276. The van der Waals surface area contributed by atoms with Crippen molar-refractivity contribution in [1.82, 2.24) is 0 Å². The van der Waals surface area contributed by atoms with Gasteiger partial charge in [0.2, 0.25) is 0 Å². The highest BCUT2D eigenvalue weighted by atomic mass is 32.2. The molecule has 3 aromatic carbocycles. The molecule has 1 N–H and O–H groups in total. The predicted molar refractivity (Wildman–Crippen MR) is 124 cm³/mol. The number of carbonyl (C=O) groups is 1. The molecule has 34 heavy (non-hydrogen) atoms. The number of ether oxygens (including phenoxy) is 2. The van der Waals surface area contributed by atoms with Gasteiger partial charge in [-0.25, -0.2) is 9.00 Å². The van der Waals surface area contributed by atoms with Crippen molar-refractivity contribution in [2.24, 2.45) is 0 Å². The third kappa shape index (κ3) is 4.69. The Morgan fingerprint density at radius 3 is 2.06 bits per heavy atom. The van der Waals surface area contributed by atoms with E-state index >= 15 is 0 Å². The molecule has 0 spiro atoms. The minimum Gasteiger partial charge on any atom is -0.496 e. The first-order valence-electron chi connectivity index (χ1n) is 10.5. The second-order valence-corrected chi connectivity index (χ2v) is 8.78. The van der Waals surface area contributed by atoms with Crippen LogP contribution in [0.3, 0.4) is 0 Å². The van der Waals surface area contributed by atoms with Crippen LogP contribution in [0.2, 0.25) is 0 Å². The first kappa shape index (κ1) is 23.9. The fourth-order valence-electron chi connectivity index (χ4n) is 4.02. The zero-order valence-corrected chi connectivity index (χ0v) is 19.2. The van der Waals surface area contributed by atoms with Gasteiger partial charge >= 0.3 is 6.16 Å². The van der Waals surface area contributed by atoms with Crippen molar-refractivity contribution in [1.29, 1.82) is 0 Å². The highest BCUT2D eigenvalue weighted by molar-refractivity contribution is 7.81. The van der Waals surface area contributed by atoms with Gasteiger partial charge in [0.05, 0.1) is 20.3 Å². The smallest absolute Gasteiger partial charge is 0.496 e. The van der Waals surface area contributed by atoms with E-state index < -0.39 is 34.2 Å². The third-order valence-corrected chi connectivity index (χ3v) is 7.14. The van der Waals surface area contributed by atoms with E-state index in [-0.39, 0.29) is 13.2 Å². The first-order chi connectivity index (χ1) is 16.6. The lowest BCUT2D eigenvalue weighted by Gasteiger charge is -2.35. The van der Waals surface area contributed by atoms with Gasteiger partial charge in [-0.1, -0.05) is 78.9 Å². The Morgan fingerprint density at radius 2 is 1.47 bits per heavy atom. The van der Waals surface area contributed by atoms with Crippen molar-refractivity contribution in [2.45, 2.75) is 17.0 Å². The molecule has 1 heterocycles. The van der Waals surface area contributed by atoms with Gasteiger partial charge in [-0.15, -0.1) is 0 Å². The van der Waals surface area contributed by atoms with Crippen molar-refractivity contribution < 1.29 is 37.5 Å². The molecular formula is C25H24O8S. The summed E-state index contributed by atoms with van der Waals surface area (Å²) in [6, 6.07) is 26.1. The van der Waals surface area contributed by atoms with Crippen molar-refractivity contribution in [2.75, 3.05) is 20.3 Å². The van der Waals surface area contributed by atoms with Crippen LogP contribution >= 0.6 is 0 Å². The maximum absolute atomic E-state index is 14.3. The molecule has 1 aliphatic rings. The highest BCUT2D eigenvalue weighted by Gasteiger charge is 2.48. The summed E-state index contributed by atoms with van der Waals surface area (Å²) >= 11 is -2.05. The zero-order chi connectivity index (χ0) is 24.0. The molecule has 3 atom stereocenters. The predicted octanol–water partition coefficient (Wildman–Crippen LogP) is 4.06. The average molecular weight is 485 g/mol. The van der Waals surface area contributed by atoms with Gasteiger partial charge in [0, 0.05) is 5.56 Å². The summed E-state index contributed by atoms with van der Waals surface area (Å²) in [6.07, 6.45) is -3.30. The maximum Gasteiger partial charge on any atom is 0.537 e. The van der Waals surface area contributed by atoms with Crippen molar-refractivity contribution in [3.63, 3.8) is 0 Å². The Balaban J connectivity index is 1.85. The Kier molecular flexibility index (Phi) is 7.59. The van der Waals surface area contributed by atoms with Gasteiger partial charge in [-0.3, -0.25) is 9.07 Å². The molecule has 0 aliphatic carbocycles. The van der Waals surface area contributed by atoms with Gasteiger partial charge in [0.1, 0.15) is 16.6 Å². The van der Waals surface area contributed by atoms with Gasteiger partial charge < -0.3 is 14.6 Å². The van der Waals surface area contributed by atoms with E-state index in [0.717, 1.165) is 11.1 Å². The van der Waals surface area contributed by atoms with Crippen LogP contribution in [0.5, 0.6) is 5.75 Å². The minimum absolute atomic E-state index is 0.0352. The Hall–Kier alpha value is -3.24. The molecule has 0 radical (unpaired) electrons. The molecule has 1 aliphatic heterocycles. The van der Waals surface area contributed by atoms with E-state index in [0.29, 0.717) is 11.3 Å². The summed E-state index contributed by atoms with van der Waals surface area (Å²) in [5.41, 5.74) is 2.09. The molecule has 3 aromatic rings. The van der Waals surface area contributed by atoms with E-state index in [1.165, 1.54) is 0 Å². The first-order valence-corrected chi connectivity index (χ1v) is 11.6. The summed E-state index contributed by atoms with van der Waals surface area (Å²) in [6.45, 7) is 0.0957. The number of carboxylic acid groups (broad SMARTS) is 1. The Bertz CT molecular complexity index is 1080. The largest absolute Gasteiger partial charge is 0.537 e. The second-order valence-electron chi connectivity index (χ2n) is 7.50. The van der Waals surface area contributed by atoms with Crippen molar-refractivity contribution in [3.8, 4) is 5.75 Å². The minimum atomic E-state index is -2.05. The summed E-state index contributed by atoms with van der Waals surface area (Å²) in [7, 11) is 1.56. The standard InChI is InChI=1S/C25H24O8S/c1-29-21-15-9-8-14-20(21)25(18-10-4-2-5-11-18,19-12-6-3-7-13-19)34(28)33-23-17-30-16-22(23)31-32-24(26)27/h2-15,22-23H,16-17H2,1H3,(H,26,27)/t22-,23+,34?/m1/s1. The van der Waals surface area contributed by atoms with E-state index in [1.807, 2.05) is 78.9 Å². The molecule has 0 bridgehead atoms. The SMILES string of the molecule is COc1ccccc1C(c1ccccc1)(c1ccccc1)S(=O)O[C@H]1COC[C@H]1OOC(=O)O. The monoisotopic (exact) mass is 484 g/mol. The lowest BCUT2D eigenvalue weighted by atomic mass is 9.83. The van der Waals surface area contributed by atoms with Gasteiger partial charge in [0.25, 0.3) is 0 Å². The van der Waals surface area contributed by atoms with Crippen LogP contribution in [0.15, 0.2) is 84.9 Å². The summed E-state index contributed by atoms with van der Waals surface area (Å²) in [5.74, 6) is 0.539. The molecular weight excluding hydrogens is 460 g/mol. The lowest BCUT2D eigenvalue weighted by Crippen LogP contribution is -2.40. The number of benzene rings is 3. The molecule has 9 heteroatoms. The van der Waals surface area contributed by atoms with Crippen LogP contribution < -0.4 is 4.74 Å². The summed E-state index contributed by atoms with van der Waals surface area (Å²) in [4.78, 5) is 20.0. The maximum atomic E-state index is 14.3. The molecule has 0 amide bonds.